The van der Waals surface area contributed by atoms with Crippen molar-refractivity contribution in [2.45, 2.75) is 13.5 Å². The predicted octanol–water partition coefficient (Wildman–Crippen LogP) is 1.98. The zero-order chi connectivity index (χ0) is 9.97. The van der Waals surface area contributed by atoms with Crippen LogP contribution in [0.25, 0.3) is 10.9 Å². The zero-order valence-electron chi connectivity index (χ0n) is 8.17. The molecular formula is C11H14N2O. The van der Waals surface area contributed by atoms with E-state index >= 15 is 0 Å². The first-order valence-electron chi connectivity index (χ1n) is 4.81. The molecule has 0 aliphatic rings. The van der Waals surface area contributed by atoms with Crippen LogP contribution in [0, 0.1) is 0 Å². The molecule has 0 saturated heterocycles. The van der Waals surface area contributed by atoms with Gasteiger partial charge in [-0.3, -0.25) is 0 Å². The van der Waals surface area contributed by atoms with E-state index in [1.807, 2.05) is 12.3 Å². The van der Waals surface area contributed by atoms with Crippen LogP contribution in [-0.2, 0) is 6.54 Å². The molecule has 0 saturated carbocycles. The lowest BCUT2D eigenvalue weighted by Gasteiger charge is -1.99. The molecule has 74 valence electrons. The van der Waals surface area contributed by atoms with Gasteiger partial charge in [0.15, 0.2) is 0 Å². The van der Waals surface area contributed by atoms with E-state index in [1.54, 1.807) is 12.1 Å². The van der Waals surface area contributed by atoms with E-state index in [1.165, 1.54) is 5.56 Å². The number of fused-ring (bicyclic) bond motifs is 1. The Morgan fingerprint density at radius 2 is 2.29 bits per heavy atom. The van der Waals surface area contributed by atoms with Gasteiger partial charge in [-0.15, -0.1) is 0 Å². The number of nitrogens with one attached hydrogen (secondary N) is 2. The highest BCUT2D eigenvalue weighted by atomic mass is 16.3. The first kappa shape index (κ1) is 9.09. The minimum Gasteiger partial charge on any atom is -0.508 e. The van der Waals surface area contributed by atoms with E-state index in [-0.39, 0.29) is 0 Å². The molecule has 0 atom stereocenters. The van der Waals surface area contributed by atoms with Crippen molar-refractivity contribution in [3.05, 3.63) is 30.0 Å². The molecule has 14 heavy (non-hydrogen) atoms. The molecule has 0 bridgehead atoms. The molecule has 3 heteroatoms. The van der Waals surface area contributed by atoms with Gasteiger partial charge in [0.1, 0.15) is 5.75 Å². The molecule has 0 aliphatic heterocycles. The smallest absolute Gasteiger partial charge is 0.116 e. The molecule has 2 aromatic rings. The van der Waals surface area contributed by atoms with E-state index in [0.29, 0.717) is 5.75 Å². The maximum atomic E-state index is 9.36. The Labute approximate surface area is 82.8 Å². The highest BCUT2D eigenvalue weighted by Gasteiger charge is 2.03. The summed E-state index contributed by atoms with van der Waals surface area (Å²) in [6.07, 6.45) is 1.98. The number of rotatable bonds is 3. The molecule has 0 spiro atoms. The number of hydrogen-bond acceptors (Lipinski definition) is 2. The van der Waals surface area contributed by atoms with E-state index in [2.05, 4.69) is 17.2 Å². The number of aromatic nitrogens is 1. The molecule has 1 aromatic heterocycles. The topological polar surface area (TPSA) is 48.0 Å². The average Bonchev–Trinajstić information content (AvgIpc) is 2.57. The fraction of sp³-hybridized carbons (Fsp3) is 0.273. The Kier molecular flexibility index (Phi) is 2.41. The fourth-order valence-corrected chi connectivity index (χ4v) is 1.57. The second-order valence-corrected chi connectivity index (χ2v) is 3.32. The van der Waals surface area contributed by atoms with E-state index < -0.39 is 0 Å². The highest BCUT2D eigenvalue weighted by Crippen LogP contribution is 2.22. The molecule has 0 unspecified atom stereocenters. The zero-order valence-corrected chi connectivity index (χ0v) is 8.17. The number of phenolic OH excluding ortho intramolecular Hbond substituents is 1. The second kappa shape index (κ2) is 3.72. The lowest BCUT2D eigenvalue weighted by Crippen LogP contribution is -2.11. The Morgan fingerprint density at radius 3 is 3.07 bits per heavy atom. The summed E-state index contributed by atoms with van der Waals surface area (Å²) in [7, 11) is 0. The molecule has 1 aromatic carbocycles. The van der Waals surface area contributed by atoms with E-state index in [0.717, 1.165) is 24.0 Å². The number of H-pyrrole nitrogens is 1. The highest BCUT2D eigenvalue weighted by molar-refractivity contribution is 5.84. The summed E-state index contributed by atoms with van der Waals surface area (Å²) < 4.78 is 0. The predicted molar refractivity (Wildman–Crippen MR) is 57.3 cm³/mol. The first-order valence-corrected chi connectivity index (χ1v) is 4.81. The summed E-state index contributed by atoms with van der Waals surface area (Å²) in [6.45, 7) is 3.86. The molecule has 0 amide bonds. The van der Waals surface area contributed by atoms with Crippen LogP contribution in [0.3, 0.4) is 0 Å². The van der Waals surface area contributed by atoms with Crippen LogP contribution in [0.1, 0.15) is 12.5 Å². The summed E-state index contributed by atoms with van der Waals surface area (Å²) in [4.78, 5) is 3.17. The van der Waals surface area contributed by atoms with Gasteiger partial charge in [0.05, 0.1) is 0 Å². The van der Waals surface area contributed by atoms with Gasteiger partial charge >= 0.3 is 0 Å². The summed E-state index contributed by atoms with van der Waals surface area (Å²) >= 11 is 0. The van der Waals surface area contributed by atoms with Crippen LogP contribution in [-0.4, -0.2) is 16.6 Å². The largest absolute Gasteiger partial charge is 0.508 e. The van der Waals surface area contributed by atoms with Crippen molar-refractivity contribution in [2.75, 3.05) is 6.54 Å². The maximum absolute atomic E-state index is 9.36. The third kappa shape index (κ3) is 1.59. The van der Waals surface area contributed by atoms with Crippen LogP contribution >= 0.6 is 0 Å². The van der Waals surface area contributed by atoms with E-state index in [9.17, 15) is 5.11 Å². The minimum atomic E-state index is 0.315. The van der Waals surface area contributed by atoms with Crippen molar-refractivity contribution in [1.82, 2.24) is 10.3 Å². The standard InChI is InChI=1S/C11H14N2O/c1-2-12-6-8-7-13-11-4-3-9(14)5-10(8)11/h3-5,7,12-14H,2,6H2,1H3. The molecular weight excluding hydrogens is 176 g/mol. The number of aromatic hydroxyl groups is 1. The van der Waals surface area contributed by atoms with Crippen molar-refractivity contribution in [1.29, 1.82) is 0 Å². The fourth-order valence-electron chi connectivity index (χ4n) is 1.57. The average molecular weight is 190 g/mol. The van der Waals surface area contributed by atoms with Crippen molar-refractivity contribution < 1.29 is 5.11 Å². The van der Waals surface area contributed by atoms with Gasteiger partial charge in [0, 0.05) is 23.6 Å². The third-order valence-electron chi connectivity index (χ3n) is 2.32. The van der Waals surface area contributed by atoms with E-state index in [4.69, 9.17) is 0 Å². The van der Waals surface area contributed by atoms with Crippen LogP contribution in [0.15, 0.2) is 24.4 Å². The van der Waals surface area contributed by atoms with Gasteiger partial charge in [-0.2, -0.15) is 0 Å². The van der Waals surface area contributed by atoms with Gasteiger partial charge in [-0.05, 0) is 30.3 Å². The number of hydrogen-bond donors (Lipinski definition) is 3. The third-order valence-corrected chi connectivity index (χ3v) is 2.32. The van der Waals surface area contributed by atoms with Gasteiger partial charge < -0.3 is 15.4 Å². The second-order valence-electron chi connectivity index (χ2n) is 3.32. The summed E-state index contributed by atoms with van der Waals surface area (Å²) in [5.41, 5.74) is 2.26. The Morgan fingerprint density at radius 1 is 1.43 bits per heavy atom. The molecule has 0 aliphatic carbocycles. The minimum absolute atomic E-state index is 0.315. The summed E-state index contributed by atoms with van der Waals surface area (Å²) in [5, 5.41) is 13.7. The lowest BCUT2D eigenvalue weighted by atomic mass is 10.1. The quantitative estimate of drug-likeness (QED) is 0.693. The number of aromatic amines is 1. The number of phenols is 1. The lowest BCUT2D eigenvalue weighted by molar-refractivity contribution is 0.476. The molecule has 1 heterocycles. The van der Waals surface area contributed by atoms with Gasteiger partial charge in [-0.1, -0.05) is 6.92 Å². The van der Waals surface area contributed by atoms with Crippen molar-refractivity contribution in [2.24, 2.45) is 0 Å². The summed E-state index contributed by atoms with van der Waals surface area (Å²) in [5.74, 6) is 0.315. The normalized spacial score (nSPS) is 10.9. The molecule has 3 N–H and O–H groups in total. The first-order chi connectivity index (χ1) is 6.81. The molecule has 2 rings (SSSR count). The van der Waals surface area contributed by atoms with Crippen molar-refractivity contribution in [3.8, 4) is 5.75 Å². The van der Waals surface area contributed by atoms with Gasteiger partial charge in [0.2, 0.25) is 0 Å². The van der Waals surface area contributed by atoms with Crippen LogP contribution in [0.4, 0.5) is 0 Å². The Bertz CT molecular complexity index is 434. The monoisotopic (exact) mass is 190 g/mol. The maximum Gasteiger partial charge on any atom is 0.116 e. The molecule has 3 nitrogen and oxygen atoms in total. The summed E-state index contributed by atoms with van der Waals surface area (Å²) in [6, 6.07) is 5.37. The van der Waals surface area contributed by atoms with Gasteiger partial charge in [-0.25, -0.2) is 0 Å². The molecule has 0 fully saturated rings. The van der Waals surface area contributed by atoms with Gasteiger partial charge in [0.25, 0.3) is 0 Å². The Balaban J connectivity index is 2.40. The van der Waals surface area contributed by atoms with Crippen LogP contribution in [0.2, 0.25) is 0 Å². The Hall–Kier alpha value is -1.48. The van der Waals surface area contributed by atoms with Crippen LogP contribution in [0.5, 0.6) is 5.75 Å². The molecule has 0 radical (unpaired) electrons. The number of benzene rings is 1. The van der Waals surface area contributed by atoms with Crippen molar-refractivity contribution >= 4 is 10.9 Å². The van der Waals surface area contributed by atoms with Crippen molar-refractivity contribution in [3.63, 3.8) is 0 Å². The van der Waals surface area contributed by atoms with Crippen LogP contribution < -0.4 is 5.32 Å². The SMILES string of the molecule is CCNCc1c[nH]c2ccc(O)cc12.